The Balaban J connectivity index is 2.11. The van der Waals surface area contributed by atoms with Crippen LogP contribution in [0.4, 0.5) is 11.4 Å². The summed E-state index contributed by atoms with van der Waals surface area (Å²) in [6, 6.07) is 15.8. The lowest BCUT2D eigenvalue weighted by Crippen LogP contribution is -2.26. The van der Waals surface area contributed by atoms with Crippen molar-refractivity contribution in [1.82, 2.24) is 0 Å². The van der Waals surface area contributed by atoms with Crippen molar-refractivity contribution in [3.05, 3.63) is 60.2 Å². The van der Waals surface area contributed by atoms with Gasteiger partial charge in [0.2, 0.25) is 5.91 Å². The van der Waals surface area contributed by atoms with Crippen LogP contribution in [-0.4, -0.2) is 31.9 Å². The van der Waals surface area contributed by atoms with Gasteiger partial charge in [0, 0.05) is 24.0 Å². The topological polar surface area (TPSA) is 75.7 Å². The molecule has 0 saturated heterocycles. The number of hydrogen-bond acceptors (Lipinski definition) is 4. The number of rotatable bonds is 5. The lowest BCUT2D eigenvalue weighted by atomic mass is 10.1. The summed E-state index contributed by atoms with van der Waals surface area (Å²) in [4.78, 5) is 36.9. The van der Waals surface area contributed by atoms with Gasteiger partial charge in [0.15, 0.2) is 0 Å². The Bertz CT molecular complexity index is 744. The number of esters is 1. The Morgan fingerprint density at radius 1 is 1.04 bits per heavy atom. The lowest BCUT2D eigenvalue weighted by Gasteiger charge is -2.17. The molecule has 0 radical (unpaired) electrons. The van der Waals surface area contributed by atoms with Gasteiger partial charge in [-0.15, -0.1) is 0 Å². The fourth-order valence-electron chi connectivity index (χ4n) is 2.10. The molecule has 2 aromatic carbocycles. The normalized spacial score (nSPS) is 9.92. The van der Waals surface area contributed by atoms with Crippen LogP contribution in [-0.2, 0) is 14.3 Å². The molecule has 0 aliphatic heterocycles. The average Bonchev–Trinajstić information content (AvgIpc) is 2.61. The zero-order valence-corrected chi connectivity index (χ0v) is 13.5. The van der Waals surface area contributed by atoms with E-state index in [1.165, 1.54) is 12.0 Å². The average molecular weight is 326 g/mol. The standard InChI is InChI=1S/C18H18N2O4/c1-20(15-9-4-3-5-10-15)18(23)13-7-6-8-14(11-13)19-16(21)12-17(22)24-2/h3-11H,12H2,1-2H3,(H,19,21). The maximum absolute atomic E-state index is 12.5. The molecule has 0 heterocycles. The number of nitrogens with one attached hydrogen (secondary N) is 1. The fourth-order valence-corrected chi connectivity index (χ4v) is 2.10. The highest BCUT2D eigenvalue weighted by Gasteiger charge is 2.15. The summed E-state index contributed by atoms with van der Waals surface area (Å²) in [5.74, 6) is -1.32. The third-order valence-electron chi connectivity index (χ3n) is 3.37. The third kappa shape index (κ3) is 4.42. The Morgan fingerprint density at radius 2 is 1.75 bits per heavy atom. The second-order valence-corrected chi connectivity index (χ2v) is 5.08. The molecule has 2 amide bonds. The molecule has 0 saturated carbocycles. The van der Waals surface area contributed by atoms with Gasteiger partial charge in [-0.05, 0) is 30.3 Å². The molecule has 0 aromatic heterocycles. The van der Waals surface area contributed by atoms with Gasteiger partial charge in [-0.25, -0.2) is 0 Å². The van der Waals surface area contributed by atoms with Crippen molar-refractivity contribution >= 4 is 29.2 Å². The van der Waals surface area contributed by atoms with Gasteiger partial charge in [0.1, 0.15) is 6.42 Å². The van der Waals surface area contributed by atoms with E-state index in [4.69, 9.17) is 0 Å². The van der Waals surface area contributed by atoms with Crippen LogP contribution in [0.2, 0.25) is 0 Å². The van der Waals surface area contributed by atoms with Gasteiger partial charge >= 0.3 is 5.97 Å². The van der Waals surface area contributed by atoms with Crippen LogP contribution in [0.15, 0.2) is 54.6 Å². The molecule has 2 rings (SSSR count). The van der Waals surface area contributed by atoms with Crippen molar-refractivity contribution < 1.29 is 19.1 Å². The number of nitrogens with zero attached hydrogens (tertiary/aromatic N) is 1. The second-order valence-electron chi connectivity index (χ2n) is 5.08. The van der Waals surface area contributed by atoms with Crippen LogP contribution in [0.1, 0.15) is 16.8 Å². The molecule has 2 aromatic rings. The highest BCUT2D eigenvalue weighted by molar-refractivity contribution is 6.07. The van der Waals surface area contributed by atoms with E-state index in [1.807, 2.05) is 30.3 Å². The minimum absolute atomic E-state index is 0.203. The van der Waals surface area contributed by atoms with Crippen molar-refractivity contribution in [3.8, 4) is 0 Å². The van der Waals surface area contributed by atoms with Gasteiger partial charge in [-0.2, -0.15) is 0 Å². The quantitative estimate of drug-likeness (QED) is 0.676. The van der Waals surface area contributed by atoms with Gasteiger partial charge in [0.25, 0.3) is 5.91 Å². The molecule has 0 spiro atoms. The molecule has 24 heavy (non-hydrogen) atoms. The van der Waals surface area contributed by atoms with E-state index >= 15 is 0 Å². The maximum Gasteiger partial charge on any atom is 0.315 e. The molecule has 0 unspecified atom stereocenters. The number of ether oxygens (including phenoxy) is 1. The first-order chi connectivity index (χ1) is 11.5. The van der Waals surface area contributed by atoms with Crippen LogP contribution in [0.5, 0.6) is 0 Å². The van der Waals surface area contributed by atoms with Crippen LogP contribution in [0.25, 0.3) is 0 Å². The molecule has 6 heteroatoms. The Morgan fingerprint density at radius 3 is 2.42 bits per heavy atom. The predicted molar refractivity (Wildman–Crippen MR) is 90.9 cm³/mol. The molecule has 1 N–H and O–H groups in total. The summed E-state index contributed by atoms with van der Waals surface area (Å²) in [5, 5.41) is 2.57. The summed E-state index contributed by atoms with van der Waals surface area (Å²) in [5.41, 5.74) is 1.64. The van der Waals surface area contributed by atoms with Crippen LogP contribution >= 0.6 is 0 Å². The largest absolute Gasteiger partial charge is 0.469 e. The van der Waals surface area contributed by atoms with E-state index < -0.39 is 11.9 Å². The first kappa shape index (κ1) is 17.2. The van der Waals surface area contributed by atoms with Crippen molar-refractivity contribution in [3.63, 3.8) is 0 Å². The number of amides is 2. The molecular formula is C18H18N2O4. The number of para-hydroxylation sites is 1. The Kier molecular flexibility index (Phi) is 5.68. The van der Waals surface area contributed by atoms with E-state index in [-0.39, 0.29) is 12.3 Å². The highest BCUT2D eigenvalue weighted by atomic mass is 16.5. The summed E-state index contributed by atoms with van der Waals surface area (Å²) in [6.45, 7) is 0. The fraction of sp³-hybridized carbons (Fsp3) is 0.167. The first-order valence-electron chi connectivity index (χ1n) is 7.31. The maximum atomic E-state index is 12.5. The van der Waals surface area contributed by atoms with Crippen molar-refractivity contribution in [2.45, 2.75) is 6.42 Å². The molecule has 0 aliphatic rings. The number of benzene rings is 2. The van der Waals surface area contributed by atoms with Crippen molar-refractivity contribution in [2.75, 3.05) is 24.4 Å². The number of carbonyl (C=O) groups excluding carboxylic acids is 3. The van der Waals surface area contributed by atoms with Crippen LogP contribution in [0.3, 0.4) is 0 Å². The lowest BCUT2D eigenvalue weighted by molar-refractivity contribution is -0.142. The van der Waals surface area contributed by atoms with E-state index in [2.05, 4.69) is 10.1 Å². The number of anilines is 2. The Labute approximate surface area is 140 Å². The molecule has 0 bridgehead atoms. The smallest absolute Gasteiger partial charge is 0.315 e. The van der Waals surface area contributed by atoms with Crippen molar-refractivity contribution in [2.24, 2.45) is 0 Å². The monoisotopic (exact) mass is 326 g/mol. The van der Waals surface area contributed by atoms with E-state index in [9.17, 15) is 14.4 Å². The molecular weight excluding hydrogens is 308 g/mol. The van der Waals surface area contributed by atoms with E-state index in [0.29, 0.717) is 11.3 Å². The van der Waals surface area contributed by atoms with Gasteiger partial charge in [-0.1, -0.05) is 24.3 Å². The molecule has 0 atom stereocenters. The zero-order chi connectivity index (χ0) is 17.5. The molecule has 124 valence electrons. The number of hydrogen-bond donors (Lipinski definition) is 1. The summed E-state index contributed by atoms with van der Waals surface area (Å²) in [7, 11) is 2.90. The van der Waals surface area contributed by atoms with Gasteiger partial charge in [-0.3, -0.25) is 14.4 Å². The summed E-state index contributed by atoms with van der Waals surface area (Å²) >= 11 is 0. The highest BCUT2D eigenvalue weighted by Crippen LogP contribution is 2.17. The molecule has 6 nitrogen and oxygen atoms in total. The van der Waals surface area contributed by atoms with E-state index in [0.717, 1.165) is 5.69 Å². The van der Waals surface area contributed by atoms with E-state index in [1.54, 1.807) is 31.3 Å². The Hall–Kier alpha value is -3.15. The number of carbonyl (C=O) groups is 3. The molecule has 0 fully saturated rings. The first-order valence-corrected chi connectivity index (χ1v) is 7.31. The van der Waals surface area contributed by atoms with Gasteiger partial charge < -0.3 is 15.0 Å². The van der Waals surface area contributed by atoms with Crippen LogP contribution in [0, 0.1) is 0 Å². The van der Waals surface area contributed by atoms with Crippen LogP contribution < -0.4 is 10.2 Å². The van der Waals surface area contributed by atoms with Gasteiger partial charge in [0.05, 0.1) is 7.11 Å². The minimum Gasteiger partial charge on any atom is -0.469 e. The second kappa shape index (κ2) is 7.92. The number of methoxy groups -OCH3 is 1. The summed E-state index contributed by atoms with van der Waals surface area (Å²) < 4.78 is 4.44. The summed E-state index contributed by atoms with van der Waals surface area (Å²) in [6.07, 6.45) is -0.376. The van der Waals surface area contributed by atoms with Crippen molar-refractivity contribution in [1.29, 1.82) is 0 Å². The predicted octanol–water partition coefficient (Wildman–Crippen LogP) is 2.46. The SMILES string of the molecule is COC(=O)CC(=O)Nc1cccc(C(=O)N(C)c2ccccc2)c1. The molecule has 0 aliphatic carbocycles. The minimum atomic E-state index is -0.622. The third-order valence-corrected chi connectivity index (χ3v) is 3.37. The zero-order valence-electron chi connectivity index (χ0n) is 13.5.